The summed E-state index contributed by atoms with van der Waals surface area (Å²) in [5.41, 5.74) is 28.6. The molecule has 0 aromatic rings. The highest BCUT2D eigenvalue weighted by Crippen LogP contribution is 2.18. The maximum atomic E-state index is 14.3. The van der Waals surface area contributed by atoms with E-state index in [4.69, 9.17) is 28.7 Å². The van der Waals surface area contributed by atoms with E-state index < -0.39 is 186 Å². The highest BCUT2D eigenvalue weighted by Gasteiger charge is 2.38. The molecule has 0 saturated heterocycles. The first-order chi connectivity index (χ1) is 54.0. The van der Waals surface area contributed by atoms with Crippen molar-refractivity contribution >= 4 is 94.5 Å². The average Bonchev–Trinajstić information content (AvgIpc) is 0.868. The van der Waals surface area contributed by atoms with Gasteiger partial charge in [0, 0.05) is 6.42 Å². The standard InChI is InChI=1S/C80H149N19O16/c1-18-21-22-23-24-25-26-36-64(101)98-65(49(12)19-2)79(114)97-62(44-63(84)100)78(113)96-61(43-48(10)11)77(112)92-55(33-27-30-37-81)72(107)87-54(17)71(106)95-59(41-46(6)7)75(110)88-51(14)68(103)86-52(15)70(105)94-60(42-47(8)9)76(111)89-53(16)69(104)90-56(34-28-31-38-82)73(108)91-57(35-29-32-39-83)74(109)99-66(50(13)20-3)80(115)93-58(67(85)102)40-45(4)5/h45-62,65-66H,18-44,81-83H2,1-17H3,(H2,84,100)(H2,85,102)(H,86,103)(H,87,107)(H,88,110)(H,89,111)(H,90,104)(H,91,108)(H,92,112)(H,93,115)(H,94,105)(H,95,106)(H,96,113)(H,97,114)(H,98,101)(H,99,109)/t49-,50-,51-,52-,53-,54-,55-,56-,57-,58-,59-,60-,61-,62-,65-,66-/m0/s1. The third-order valence-corrected chi connectivity index (χ3v) is 19.8. The number of carbonyl (C=O) groups is 16. The van der Waals surface area contributed by atoms with Gasteiger partial charge in [0.05, 0.1) is 6.42 Å². The molecule has 0 bridgehead atoms. The summed E-state index contributed by atoms with van der Waals surface area (Å²) in [6.45, 7) is 29.9. The summed E-state index contributed by atoms with van der Waals surface area (Å²) in [6, 6.07) is -17.6. The van der Waals surface area contributed by atoms with E-state index in [1.54, 1.807) is 55.4 Å². The fraction of sp³-hybridized carbons (Fsp3) is 0.800. The molecular formula is C80H149N19O16. The van der Waals surface area contributed by atoms with Crippen molar-refractivity contribution in [3.05, 3.63) is 0 Å². The van der Waals surface area contributed by atoms with Crippen molar-refractivity contribution in [3.8, 4) is 0 Å². The van der Waals surface area contributed by atoms with Gasteiger partial charge < -0.3 is 103 Å². The minimum absolute atomic E-state index is 0.00432. The van der Waals surface area contributed by atoms with Crippen molar-refractivity contribution in [2.75, 3.05) is 19.6 Å². The van der Waals surface area contributed by atoms with Crippen LogP contribution in [-0.4, -0.2) is 199 Å². The second kappa shape index (κ2) is 58.3. The zero-order chi connectivity index (χ0) is 87.8. The Bertz CT molecular complexity index is 3070. The van der Waals surface area contributed by atoms with Gasteiger partial charge in [0.15, 0.2) is 0 Å². The summed E-state index contributed by atoms with van der Waals surface area (Å²) in [7, 11) is 0. The summed E-state index contributed by atoms with van der Waals surface area (Å²) < 4.78 is 0. The van der Waals surface area contributed by atoms with Gasteiger partial charge in [0.2, 0.25) is 94.5 Å². The molecule has 35 heteroatoms. The summed E-state index contributed by atoms with van der Waals surface area (Å²) in [4.78, 5) is 220. The number of unbranched alkanes of at least 4 members (excludes halogenated alkanes) is 9. The molecule has 0 fully saturated rings. The van der Waals surface area contributed by atoms with Crippen molar-refractivity contribution in [3.63, 3.8) is 0 Å². The first-order valence-electron chi connectivity index (χ1n) is 41.9. The lowest BCUT2D eigenvalue weighted by Crippen LogP contribution is -2.60. The molecule has 0 saturated carbocycles. The Kier molecular flexibility index (Phi) is 53.9. The summed E-state index contributed by atoms with van der Waals surface area (Å²) in [5.74, 6) is -13.6. The highest BCUT2D eigenvalue weighted by molar-refractivity contribution is 6.01. The second-order valence-electron chi connectivity index (χ2n) is 32.5. The van der Waals surface area contributed by atoms with Gasteiger partial charge in [0.1, 0.15) is 84.6 Å². The van der Waals surface area contributed by atoms with Gasteiger partial charge in [-0.2, -0.15) is 0 Å². The van der Waals surface area contributed by atoms with Gasteiger partial charge in [-0.15, -0.1) is 0 Å². The molecule has 660 valence electrons. The molecule has 0 aromatic heterocycles. The SMILES string of the molecule is CCCCCCCCCC(=O)N[C@H](C(=O)N[C@@H](CC(N)=O)C(=O)N[C@@H](CC(C)C)C(=O)N[C@@H](CCCCN)C(=O)N[C@@H](C)C(=O)N[C@@H](CC(C)C)C(=O)N[C@@H](C)C(=O)N[C@@H](C)C(=O)N[C@@H](CC(C)C)C(=O)N[C@@H](C)C(=O)N[C@@H](CCCCN)C(=O)N[C@@H](CCCCN)C(=O)N[C@H](C(=O)N[C@@H](CC(C)C)C(N)=O)[C@@H](C)CC)[C@@H](C)CC. The van der Waals surface area contributed by atoms with E-state index in [9.17, 15) is 76.7 Å². The maximum absolute atomic E-state index is 14.3. The highest BCUT2D eigenvalue weighted by atomic mass is 16.2. The molecule has 0 aliphatic heterocycles. The number of carbonyl (C=O) groups excluding carboxylic acids is 16. The van der Waals surface area contributed by atoms with Crippen molar-refractivity contribution in [1.29, 1.82) is 0 Å². The minimum atomic E-state index is -1.57. The van der Waals surface area contributed by atoms with E-state index in [0.29, 0.717) is 57.8 Å². The lowest BCUT2D eigenvalue weighted by molar-refractivity contribution is -0.136. The van der Waals surface area contributed by atoms with Crippen LogP contribution >= 0.6 is 0 Å². The predicted octanol–water partition coefficient (Wildman–Crippen LogP) is 1.02. The Hall–Kier alpha value is -8.60. The van der Waals surface area contributed by atoms with Crippen LogP contribution in [0.1, 0.15) is 272 Å². The number of primary amides is 2. The molecule has 0 aromatic carbocycles. The molecule has 0 aliphatic rings. The van der Waals surface area contributed by atoms with Crippen molar-refractivity contribution < 1.29 is 76.7 Å². The molecule has 0 radical (unpaired) electrons. The van der Waals surface area contributed by atoms with Crippen LogP contribution < -0.4 is 103 Å². The number of nitrogens with one attached hydrogen (secondary N) is 14. The van der Waals surface area contributed by atoms with Crippen molar-refractivity contribution in [1.82, 2.24) is 74.4 Å². The number of amides is 16. The van der Waals surface area contributed by atoms with Crippen LogP contribution in [0.3, 0.4) is 0 Å². The second-order valence-corrected chi connectivity index (χ2v) is 32.5. The van der Waals surface area contributed by atoms with Gasteiger partial charge in [-0.1, -0.05) is 141 Å². The van der Waals surface area contributed by atoms with E-state index in [-0.39, 0.29) is 106 Å². The quantitative estimate of drug-likeness (QED) is 0.0378. The maximum Gasteiger partial charge on any atom is 0.243 e. The van der Waals surface area contributed by atoms with Gasteiger partial charge in [0.25, 0.3) is 0 Å². The smallest absolute Gasteiger partial charge is 0.243 e. The number of hydrogen-bond donors (Lipinski definition) is 19. The van der Waals surface area contributed by atoms with E-state index in [2.05, 4.69) is 81.4 Å². The zero-order valence-electron chi connectivity index (χ0n) is 72.1. The summed E-state index contributed by atoms with van der Waals surface area (Å²) >= 11 is 0. The third kappa shape index (κ3) is 44.4. The third-order valence-electron chi connectivity index (χ3n) is 19.8. The molecule has 0 unspecified atom stereocenters. The molecular weight excluding hydrogens is 1480 g/mol. The summed E-state index contributed by atoms with van der Waals surface area (Å²) in [6.07, 6.45) is 10.5. The van der Waals surface area contributed by atoms with Crippen LogP contribution in [-0.2, 0) is 76.7 Å². The Morgan fingerprint density at radius 3 is 0.870 bits per heavy atom. The Morgan fingerprint density at radius 1 is 0.261 bits per heavy atom. The van der Waals surface area contributed by atoms with E-state index in [0.717, 1.165) is 38.5 Å². The zero-order valence-corrected chi connectivity index (χ0v) is 72.1. The molecule has 0 rings (SSSR count). The van der Waals surface area contributed by atoms with E-state index >= 15 is 0 Å². The van der Waals surface area contributed by atoms with E-state index in [1.807, 2.05) is 27.7 Å². The fourth-order valence-electron chi connectivity index (χ4n) is 12.4. The first-order valence-corrected chi connectivity index (χ1v) is 41.9. The van der Waals surface area contributed by atoms with Gasteiger partial charge >= 0.3 is 0 Å². The van der Waals surface area contributed by atoms with Gasteiger partial charge in [-0.3, -0.25) is 76.7 Å². The molecule has 0 aliphatic carbocycles. The Morgan fingerprint density at radius 2 is 0.522 bits per heavy atom. The lowest BCUT2D eigenvalue weighted by atomic mass is 9.96. The Balaban J connectivity index is 6.44. The molecule has 16 amide bonds. The first kappa shape index (κ1) is 106. The fourth-order valence-corrected chi connectivity index (χ4v) is 12.4. The lowest BCUT2D eigenvalue weighted by Gasteiger charge is -2.29. The molecule has 0 spiro atoms. The number of hydrogen-bond acceptors (Lipinski definition) is 19. The van der Waals surface area contributed by atoms with Crippen LogP contribution in [0.25, 0.3) is 0 Å². The Labute approximate surface area is 683 Å². The average molecular weight is 1630 g/mol. The van der Waals surface area contributed by atoms with Crippen molar-refractivity contribution in [2.45, 2.75) is 356 Å². The predicted molar refractivity (Wildman–Crippen MR) is 441 cm³/mol. The monoisotopic (exact) mass is 1630 g/mol. The van der Waals surface area contributed by atoms with Crippen molar-refractivity contribution in [2.24, 2.45) is 64.2 Å². The van der Waals surface area contributed by atoms with Crippen LogP contribution in [0.5, 0.6) is 0 Å². The number of nitrogens with two attached hydrogens (primary N) is 5. The topological polar surface area (TPSA) is 572 Å². The van der Waals surface area contributed by atoms with Gasteiger partial charge in [-0.05, 0) is 173 Å². The van der Waals surface area contributed by atoms with Crippen LogP contribution in [0.2, 0.25) is 0 Å². The molecule has 16 atom stereocenters. The largest absolute Gasteiger partial charge is 0.370 e. The normalized spacial score (nSPS) is 15.6. The summed E-state index contributed by atoms with van der Waals surface area (Å²) in [5, 5.41) is 37.2. The van der Waals surface area contributed by atoms with E-state index in [1.165, 1.54) is 27.7 Å². The van der Waals surface area contributed by atoms with Crippen LogP contribution in [0.4, 0.5) is 0 Å². The van der Waals surface area contributed by atoms with Crippen LogP contribution in [0, 0.1) is 35.5 Å². The van der Waals surface area contributed by atoms with Gasteiger partial charge in [-0.25, -0.2) is 0 Å². The molecule has 115 heavy (non-hydrogen) atoms. The number of rotatable bonds is 62. The molecule has 0 heterocycles. The minimum Gasteiger partial charge on any atom is -0.370 e. The molecule has 24 N–H and O–H groups in total. The van der Waals surface area contributed by atoms with Crippen LogP contribution in [0.15, 0.2) is 0 Å². The molecule has 35 nitrogen and oxygen atoms in total.